The molecule has 2 heterocycles. The minimum atomic E-state index is 0.405. The first kappa shape index (κ1) is 14.1. The van der Waals surface area contributed by atoms with E-state index in [1.807, 2.05) is 0 Å². The maximum absolute atomic E-state index is 4.58. The van der Waals surface area contributed by atoms with Gasteiger partial charge in [0.2, 0.25) is 0 Å². The van der Waals surface area contributed by atoms with Crippen LogP contribution in [-0.2, 0) is 20.0 Å². The molecule has 2 aliphatic rings. The molecule has 0 amide bonds. The van der Waals surface area contributed by atoms with E-state index in [9.17, 15) is 0 Å². The van der Waals surface area contributed by atoms with Crippen LogP contribution in [0, 0.1) is 0 Å². The highest BCUT2D eigenvalue weighted by atomic mass is 15.3. The fourth-order valence-corrected chi connectivity index (χ4v) is 3.86. The van der Waals surface area contributed by atoms with Gasteiger partial charge in [0.15, 0.2) is 0 Å². The Bertz CT molecular complexity index is 445. The number of rotatable bonds is 3. The molecule has 1 N–H and O–H groups in total. The predicted octanol–water partition coefficient (Wildman–Crippen LogP) is 2.09. The molecule has 1 aliphatic carbocycles. The molecule has 1 spiro atoms. The van der Waals surface area contributed by atoms with Gasteiger partial charge in [0.05, 0.1) is 11.4 Å². The summed E-state index contributed by atoms with van der Waals surface area (Å²) in [6.07, 6.45) is 7.79. The SMILES string of the molecule is CCc1cc(CN2CCCNC3(CCCC3)C2)n(C)n1. The summed E-state index contributed by atoms with van der Waals surface area (Å²) in [6.45, 7) is 6.82. The van der Waals surface area contributed by atoms with Crippen LogP contribution in [-0.4, -0.2) is 39.9 Å². The highest BCUT2D eigenvalue weighted by molar-refractivity contribution is 5.10. The Morgan fingerprint density at radius 1 is 1.30 bits per heavy atom. The van der Waals surface area contributed by atoms with Crippen molar-refractivity contribution in [1.29, 1.82) is 0 Å². The fourth-order valence-electron chi connectivity index (χ4n) is 3.86. The molecule has 0 radical (unpaired) electrons. The second kappa shape index (κ2) is 5.86. The van der Waals surface area contributed by atoms with E-state index in [1.165, 1.54) is 63.1 Å². The lowest BCUT2D eigenvalue weighted by Crippen LogP contribution is -2.49. The first-order chi connectivity index (χ1) is 9.71. The second-order valence-electron chi connectivity index (χ2n) is 6.58. The van der Waals surface area contributed by atoms with E-state index >= 15 is 0 Å². The molecular formula is C16H28N4. The molecule has 1 aromatic rings. The van der Waals surface area contributed by atoms with Crippen LogP contribution < -0.4 is 5.32 Å². The molecule has 2 fully saturated rings. The molecule has 4 heteroatoms. The van der Waals surface area contributed by atoms with Crippen LogP contribution in [0.4, 0.5) is 0 Å². The Hall–Kier alpha value is -0.870. The van der Waals surface area contributed by atoms with E-state index in [0.717, 1.165) is 13.0 Å². The number of nitrogens with one attached hydrogen (secondary N) is 1. The van der Waals surface area contributed by atoms with E-state index in [4.69, 9.17) is 0 Å². The Morgan fingerprint density at radius 2 is 2.10 bits per heavy atom. The van der Waals surface area contributed by atoms with Crippen molar-refractivity contribution < 1.29 is 0 Å². The normalized spacial score (nSPS) is 23.3. The summed E-state index contributed by atoms with van der Waals surface area (Å²) in [4.78, 5) is 2.64. The summed E-state index contributed by atoms with van der Waals surface area (Å²) >= 11 is 0. The Morgan fingerprint density at radius 3 is 2.80 bits per heavy atom. The Kier molecular flexibility index (Phi) is 4.13. The molecule has 112 valence electrons. The van der Waals surface area contributed by atoms with Crippen LogP contribution in [0.1, 0.15) is 50.4 Å². The van der Waals surface area contributed by atoms with Crippen LogP contribution >= 0.6 is 0 Å². The van der Waals surface area contributed by atoms with Crippen LogP contribution in [0.2, 0.25) is 0 Å². The minimum absolute atomic E-state index is 0.405. The molecule has 0 aromatic carbocycles. The van der Waals surface area contributed by atoms with Gasteiger partial charge in [-0.2, -0.15) is 5.10 Å². The van der Waals surface area contributed by atoms with Gasteiger partial charge < -0.3 is 5.32 Å². The maximum Gasteiger partial charge on any atom is 0.0625 e. The highest BCUT2D eigenvalue weighted by Crippen LogP contribution is 2.32. The van der Waals surface area contributed by atoms with Crippen LogP contribution in [0.15, 0.2) is 6.07 Å². The van der Waals surface area contributed by atoms with Crippen molar-refractivity contribution in [1.82, 2.24) is 20.0 Å². The Balaban J connectivity index is 1.70. The monoisotopic (exact) mass is 276 g/mol. The molecule has 4 nitrogen and oxygen atoms in total. The van der Waals surface area contributed by atoms with E-state index in [1.54, 1.807) is 0 Å². The molecule has 0 atom stereocenters. The zero-order chi connectivity index (χ0) is 14.0. The molecule has 20 heavy (non-hydrogen) atoms. The van der Waals surface area contributed by atoms with Gasteiger partial charge in [0.1, 0.15) is 0 Å². The van der Waals surface area contributed by atoms with Gasteiger partial charge in [-0.3, -0.25) is 9.58 Å². The zero-order valence-corrected chi connectivity index (χ0v) is 13.0. The van der Waals surface area contributed by atoms with Gasteiger partial charge in [0.25, 0.3) is 0 Å². The third kappa shape index (κ3) is 2.91. The highest BCUT2D eigenvalue weighted by Gasteiger charge is 2.36. The largest absolute Gasteiger partial charge is 0.310 e. The summed E-state index contributed by atoms with van der Waals surface area (Å²) in [5, 5.41) is 8.42. The fraction of sp³-hybridized carbons (Fsp3) is 0.812. The van der Waals surface area contributed by atoms with Crippen molar-refractivity contribution in [2.45, 2.75) is 57.5 Å². The third-order valence-corrected chi connectivity index (χ3v) is 5.01. The van der Waals surface area contributed by atoms with Gasteiger partial charge in [-0.05, 0) is 44.8 Å². The van der Waals surface area contributed by atoms with Gasteiger partial charge >= 0.3 is 0 Å². The molecule has 1 aliphatic heterocycles. The topological polar surface area (TPSA) is 33.1 Å². The smallest absolute Gasteiger partial charge is 0.0625 e. The molecule has 1 saturated heterocycles. The lowest BCUT2D eigenvalue weighted by Gasteiger charge is -2.33. The van der Waals surface area contributed by atoms with Crippen molar-refractivity contribution in [3.05, 3.63) is 17.5 Å². The third-order valence-electron chi connectivity index (χ3n) is 5.01. The summed E-state index contributed by atoms with van der Waals surface area (Å²) in [7, 11) is 2.08. The van der Waals surface area contributed by atoms with Gasteiger partial charge in [0, 0.05) is 25.7 Å². The van der Waals surface area contributed by atoms with Gasteiger partial charge in [-0.15, -0.1) is 0 Å². The van der Waals surface area contributed by atoms with Crippen LogP contribution in [0.3, 0.4) is 0 Å². The minimum Gasteiger partial charge on any atom is -0.310 e. The molecule has 3 rings (SSSR count). The summed E-state index contributed by atoms with van der Waals surface area (Å²) < 4.78 is 2.07. The number of hydrogen-bond donors (Lipinski definition) is 1. The molecule has 1 saturated carbocycles. The number of nitrogens with zero attached hydrogens (tertiary/aromatic N) is 3. The van der Waals surface area contributed by atoms with E-state index in [2.05, 4.69) is 40.0 Å². The average molecular weight is 276 g/mol. The van der Waals surface area contributed by atoms with Crippen molar-refractivity contribution >= 4 is 0 Å². The first-order valence-electron chi connectivity index (χ1n) is 8.20. The van der Waals surface area contributed by atoms with E-state index in [-0.39, 0.29) is 0 Å². The number of aryl methyl sites for hydroxylation is 2. The second-order valence-corrected chi connectivity index (χ2v) is 6.58. The lowest BCUT2D eigenvalue weighted by molar-refractivity contribution is 0.199. The first-order valence-corrected chi connectivity index (χ1v) is 8.20. The lowest BCUT2D eigenvalue weighted by atomic mass is 9.97. The summed E-state index contributed by atoms with van der Waals surface area (Å²) in [6, 6.07) is 2.28. The van der Waals surface area contributed by atoms with Gasteiger partial charge in [-0.1, -0.05) is 19.8 Å². The summed E-state index contributed by atoms with van der Waals surface area (Å²) in [5.41, 5.74) is 2.98. The van der Waals surface area contributed by atoms with E-state index < -0.39 is 0 Å². The van der Waals surface area contributed by atoms with Crippen molar-refractivity contribution in [2.75, 3.05) is 19.6 Å². The van der Waals surface area contributed by atoms with Crippen molar-refractivity contribution in [3.63, 3.8) is 0 Å². The Labute approximate surface area is 122 Å². The predicted molar refractivity (Wildman–Crippen MR) is 81.7 cm³/mol. The molecule has 0 bridgehead atoms. The standard InChI is InChI=1S/C16H28N4/c1-3-14-11-15(19(2)18-14)12-20-10-6-9-17-16(13-20)7-4-5-8-16/h11,17H,3-10,12-13H2,1-2H3. The number of hydrogen-bond acceptors (Lipinski definition) is 3. The van der Waals surface area contributed by atoms with Gasteiger partial charge in [-0.25, -0.2) is 0 Å². The summed E-state index contributed by atoms with van der Waals surface area (Å²) in [5.74, 6) is 0. The maximum atomic E-state index is 4.58. The molecule has 0 unspecified atom stereocenters. The van der Waals surface area contributed by atoms with E-state index in [0.29, 0.717) is 5.54 Å². The molecular weight excluding hydrogens is 248 g/mol. The van der Waals surface area contributed by atoms with Crippen LogP contribution in [0.5, 0.6) is 0 Å². The van der Waals surface area contributed by atoms with Crippen LogP contribution in [0.25, 0.3) is 0 Å². The zero-order valence-electron chi connectivity index (χ0n) is 13.0. The quantitative estimate of drug-likeness (QED) is 0.917. The average Bonchev–Trinajstić information content (AvgIpc) is 2.96. The number of aromatic nitrogens is 2. The molecule has 1 aromatic heterocycles. The van der Waals surface area contributed by atoms with Crippen molar-refractivity contribution in [2.24, 2.45) is 7.05 Å². The van der Waals surface area contributed by atoms with Crippen molar-refractivity contribution in [3.8, 4) is 0 Å².